The minimum absolute atomic E-state index is 0.840. The zero-order chi connectivity index (χ0) is 14.7. The van der Waals surface area contributed by atoms with Gasteiger partial charge in [-0.15, -0.1) is 0 Å². The summed E-state index contributed by atoms with van der Waals surface area (Å²) in [6.45, 7) is 4.06. The van der Waals surface area contributed by atoms with Crippen molar-refractivity contribution in [1.29, 1.82) is 0 Å². The Balaban J connectivity index is 1.66. The number of piperazine rings is 1. The van der Waals surface area contributed by atoms with Crippen LogP contribution < -0.4 is 9.80 Å². The SMILES string of the molecule is Clc1ccccc1N1CCN(c2ccc(CBr)cc2)CC1. The zero-order valence-electron chi connectivity index (χ0n) is 11.8. The van der Waals surface area contributed by atoms with Crippen LogP contribution in [0.3, 0.4) is 0 Å². The molecule has 0 radical (unpaired) electrons. The van der Waals surface area contributed by atoms with Gasteiger partial charge in [-0.1, -0.05) is 51.8 Å². The minimum Gasteiger partial charge on any atom is -0.368 e. The summed E-state index contributed by atoms with van der Waals surface area (Å²) in [7, 11) is 0. The van der Waals surface area contributed by atoms with Crippen molar-refractivity contribution in [3.05, 3.63) is 59.1 Å². The Morgan fingerprint density at radius 3 is 2.10 bits per heavy atom. The first kappa shape index (κ1) is 14.7. The van der Waals surface area contributed by atoms with Gasteiger partial charge < -0.3 is 9.80 Å². The summed E-state index contributed by atoms with van der Waals surface area (Å²) in [6.07, 6.45) is 0. The number of alkyl halides is 1. The van der Waals surface area contributed by atoms with Crippen LogP contribution >= 0.6 is 27.5 Å². The van der Waals surface area contributed by atoms with Crippen molar-refractivity contribution >= 4 is 38.9 Å². The van der Waals surface area contributed by atoms with Gasteiger partial charge in [0.25, 0.3) is 0 Å². The first-order chi connectivity index (χ1) is 10.3. The molecule has 2 nitrogen and oxygen atoms in total. The normalized spacial score (nSPS) is 15.3. The summed E-state index contributed by atoms with van der Waals surface area (Å²) in [4.78, 5) is 4.80. The van der Waals surface area contributed by atoms with E-state index in [4.69, 9.17) is 11.6 Å². The maximum Gasteiger partial charge on any atom is 0.0639 e. The van der Waals surface area contributed by atoms with Gasteiger partial charge in [0.15, 0.2) is 0 Å². The molecule has 0 unspecified atom stereocenters. The van der Waals surface area contributed by atoms with E-state index in [1.807, 2.05) is 18.2 Å². The van der Waals surface area contributed by atoms with Crippen LogP contribution in [-0.2, 0) is 5.33 Å². The lowest BCUT2D eigenvalue weighted by molar-refractivity contribution is 0.653. The summed E-state index contributed by atoms with van der Waals surface area (Å²) >= 11 is 9.77. The van der Waals surface area contributed by atoms with Gasteiger partial charge >= 0.3 is 0 Å². The maximum atomic E-state index is 6.28. The molecule has 1 saturated heterocycles. The number of para-hydroxylation sites is 1. The number of anilines is 2. The minimum atomic E-state index is 0.840. The topological polar surface area (TPSA) is 6.48 Å². The van der Waals surface area contributed by atoms with E-state index < -0.39 is 0 Å². The van der Waals surface area contributed by atoms with Crippen molar-refractivity contribution in [1.82, 2.24) is 0 Å². The molecule has 0 spiro atoms. The number of halogens is 2. The molecule has 21 heavy (non-hydrogen) atoms. The number of benzene rings is 2. The zero-order valence-corrected chi connectivity index (χ0v) is 14.1. The van der Waals surface area contributed by atoms with Crippen LogP contribution in [0.1, 0.15) is 5.56 Å². The van der Waals surface area contributed by atoms with Crippen molar-refractivity contribution in [2.24, 2.45) is 0 Å². The predicted molar refractivity (Wildman–Crippen MR) is 95.0 cm³/mol. The third-order valence-electron chi connectivity index (χ3n) is 3.93. The molecule has 0 atom stereocenters. The molecule has 1 aliphatic heterocycles. The number of hydrogen-bond acceptors (Lipinski definition) is 2. The number of nitrogens with zero attached hydrogens (tertiary/aromatic N) is 2. The lowest BCUT2D eigenvalue weighted by atomic mass is 10.2. The lowest BCUT2D eigenvalue weighted by Crippen LogP contribution is -2.46. The second-order valence-corrected chi connectivity index (χ2v) is 6.19. The highest BCUT2D eigenvalue weighted by Crippen LogP contribution is 2.27. The fourth-order valence-corrected chi connectivity index (χ4v) is 3.34. The van der Waals surface area contributed by atoms with Gasteiger partial charge in [0, 0.05) is 37.2 Å². The van der Waals surface area contributed by atoms with Gasteiger partial charge in [-0.2, -0.15) is 0 Å². The third-order valence-corrected chi connectivity index (χ3v) is 4.90. The largest absolute Gasteiger partial charge is 0.368 e. The Morgan fingerprint density at radius 2 is 1.48 bits per heavy atom. The molecule has 0 aromatic heterocycles. The fourth-order valence-electron chi connectivity index (χ4n) is 2.71. The molecule has 1 aliphatic rings. The number of hydrogen-bond donors (Lipinski definition) is 0. The lowest BCUT2D eigenvalue weighted by Gasteiger charge is -2.37. The molecule has 0 saturated carbocycles. The van der Waals surface area contributed by atoms with Gasteiger partial charge in [0.2, 0.25) is 0 Å². The van der Waals surface area contributed by atoms with Crippen molar-refractivity contribution in [2.75, 3.05) is 36.0 Å². The molecular weight excluding hydrogens is 348 g/mol. The van der Waals surface area contributed by atoms with Crippen molar-refractivity contribution < 1.29 is 0 Å². The predicted octanol–water partition coefficient (Wildman–Crippen LogP) is 4.56. The second kappa shape index (κ2) is 6.71. The molecule has 2 aromatic rings. The third kappa shape index (κ3) is 3.35. The van der Waals surface area contributed by atoms with E-state index in [2.05, 4.69) is 56.1 Å². The molecule has 2 aromatic carbocycles. The van der Waals surface area contributed by atoms with E-state index in [-0.39, 0.29) is 0 Å². The Bertz CT molecular complexity index is 592. The Labute approximate surface area is 139 Å². The molecular formula is C17H18BrClN2. The van der Waals surface area contributed by atoms with Gasteiger partial charge in [-0.25, -0.2) is 0 Å². The van der Waals surface area contributed by atoms with E-state index in [1.54, 1.807) is 0 Å². The highest BCUT2D eigenvalue weighted by Gasteiger charge is 2.18. The van der Waals surface area contributed by atoms with E-state index in [9.17, 15) is 0 Å². The Hall–Kier alpha value is -1.19. The summed E-state index contributed by atoms with van der Waals surface area (Å²) in [5.41, 5.74) is 3.76. The summed E-state index contributed by atoms with van der Waals surface area (Å²) in [6, 6.07) is 16.9. The van der Waals surface area contributed by atoms with Crippen LogP contribution in [0.25, 0.3) is 0 Å². The van der Waals surface area contributed by atoms with Gasteiger partial charge in [-0.05, 0) is 29.8 Å². The molecule has 1 fully saturated rings. The van der Waals surface area contributed by atoms with Crippen LogP contribution in [0, 0.1) is 0 Å². The fraction of sp³-hybridized carbons (Fsp3) is 0.294. The summed E-state index contributed by atoms with van der Waals surface area (Å²) in [5.74, 6) is 0. The van der Waals surface area contributed by atoms with E-state index in [0.29, 0.717) is 0 Å². The average Bonchev–Trinajstić information content (AvgIpc) is 2.56. The molecule has 0 N–H and O–H groups in total. The molecule has 1 heterocycles. The van der Waals surface area contributed by atoms with Gasteiger partial charge in [0.1, 0.15) is 0 Å². The van der Waals surface area contributed by atoms with E-state index in [1.165, 1.54) is 11.3 Å². The second-order valence-electron chi connectivity index (χ2n) is 5.23. The summed E-state index contributed by atoms with van der Waals surface area (Å²) in [5, 5.41) is 1.75. The van der Waals surface area contributed by atoms with Crippen molar-refractivity contribution in [2.45, 2.75) is 5.33 Å². The molecule has 110 valence electrons. The highest BCUT2D eigenvalue weighted by molar-refractivity contribution is 9.08. The first-order valence-corrected chi connectivity index (χ1v) is 8.67. The van der Waals surface area contributed by atoms with Crippen LogP contribution in [0.2, 0.25) is 5.02 Å². The van der Waals surface area contributed by atoms with Crippen LogP contribution in [0.4, 0.5) is 11.4 Å². The van der Waals surface area contributed by atoms with Crippen molar-refractivity contribution in [3.63, 3.8) is 0 Å². The highest BCUT2D eigenvalue weighted by atomic mass is 79.9. The monoisotopic (exact) mass is 364 g/mol. The van der Waals surface area contributed by atoms with E-state index >= 15 is 0 Å². The van der Waals surface area contributed by atoms with Crippen molar-refractivity contribution in [3.8, 4) is 0 Å². The van der Waals surface area contributed by atoms with Crippen LogP contribution in [0.5, 0.6) is 0 Å². The maximum absolute atomic E-state index is 6.28. The molecule has 4 heteroatoms. The Morgan fingerprint density at radius 1 is 0.857 bits per heavy atom. The van der Waals surface area contributed by atoms with Gasteiger partial charge in [-0.3, -0.25) is 0 Å². The molecule has 0 aliphatic carbocycles. The first-order valence-electron chi connectivity index (χ1n) is 7.17. The summed E-state index contributed by atoms with van der Waals surface area (Å²) < 4.78 is 0. The molecule has 3 rings (SSSR count). The standard InChI is InChI=1S/C17H18BrClN2/c18-13-14-5-7-15(8-6-14)20-9-11-21(12-10-20)17-4-2-1-3-16(17)19/h1-8H,9-13H2. The smallest absolute Gasteiger partial charge is 0.0639 e. The van der Waals surface area contributed by atoms with Crippen LogP contribution in [0.15, 0.2) is 48.5 Å². The molecule has 0 amide bonds. The van der Waals surface area contributed by atoms with Crippen LogP contribution in [-0.4, -0.2) is 26.2 Å². The molecule has 0 bridgehead atoms. The number of rotatable bonds is 3. The average molecular weight is 366 g/mol. The van der Waals surface area contributed by atoms with E-state index in [0.717, 1.165) is 42.2 Å². The quantitative estimate of drug-likeness (QED) is 0.736. The Kier molecular flexibility index (Phi) is 4.71. The van der Waals surface area contributed by atoms with Gasteiger partial charge in [0.05, 0.1) is 10.7 Å².